The van der Waals surface area contributed by atoms with Gasteiger partial charge in [0.1, 0.15) is 16.2 Å². The molecule has 0 bridgehead atoms. The number of rotatable bonds is 1. The van der Waals surface area contributed by atoms with Gasteiger partial charge in [0, 0.05) is 0 Å². The zero-order chi connectivity index (χ0) is 10.8. The molecule has 2 N–H and O–H groups in total. The molecule has 76 valence electrons. The van der Waals surface area contributed by atoms with Gasteiger partial charge in [-0.2, -0.15) is 0 Å². The second-order valence-corrected chi connectivity index (χ2v) is 3.94. The number of aromatic nitrogens is 2. The predicted octanol–water partition coefficient (Wildman–Crippen LogP) is 2.80. The number of hydrogen-bond acceptors (Lipinski definition) is 3. The lowest BCUT2D eigenvalue weighted by molar-refractivity contribution is 1.04. The molecule has 0 aliphatic rings. The van der Waals surface area contributed by atoms with Crippen molar-refractivity contribution in [1.29, 1.82) is 0 Å². The topological polar surface area (TPSA) is 51.8 Å². The van der Waals surface area contributed by atoms with Crippen molar-refractivity contribution in [3.63, 3.8) is 0 Å². The fraction of sp³-hybridized carbons (Fsp3) is 0.0909. The van der Waals surface area contributed by atoms with E-state index in [0.717, 1.165) is 15.7 Å². The number of aryl methyl sites for hydroxylation is 1. The van der Waals surface area contributed by atoms with Gasteiger partial charge in [-0.3, -0.25) is 0 Å². The molecular formula is C11H10BrN3. The summed E-state index contributed by atoms with van der Waals surface area (Å²) < 4.78 is 0.735. The van der Waals surface area contributed by atoms with Crippen LogP contribution in [0.2, 0.25) is 0 Å². The smallest absolute Gasteiger partial charge is 0.136 e. The first-order chi connectivity index (χ1) is 7.18. The summed E-state index contributed by atoms with van der Waals surface area (Å²) in [6.45, 7) is 1.82. The molecule has 1 aromatic heterocycles. The van der Waals surface area contributed by atoms with Crippen LogP contribution < -0.4 is 5.73 Å². The maximum absolute atomic E-state index is 5.87. The van der Waals surface area contributed by atoms with Gasteiger partial charge < -0.3 is 5.73 Å². The van der Waals surface area contributed by atoms with Gasteiger partial charge in [0.25, 0.3) is 0 Å². The third-order valence-electron chi connectivity index (χ3n) is 2.07. The standard InChI is InChI=1S/C11H10BrN3/c1-7-14-10(12)9(11(13)15-7)8-5-3-2-4-6-8/h2-6H,1H3,(H2,13,14,15). The van der Waals surface area contributed by atoms with Crippen LogP contribution in [0, 0.1) is 6.92 Å². The lowest BCUT2D eigenvalue weighted by atomic mass is 10.1. The molecule has 2 rings (SSSR count). The maximum Gasteiger partial charge on any atom is 0.136 e. The highest BCUT2D eigenvalue weighted by Crippen LogP contribution is 2.30. The van der Waals surface area contributed by atoms with Crippen molar-refractivity contribution in [2.24, 2.45) is 0 Å². The Morgan fingerprint density at radius 3 is 2.40 bits per heavy atom. The van der Waals surface area contributed by atoms with Crippen molar-refractivity contribution in [3.05, 3.63) is 40.8 Å². The lowest BCUT2D eigenvalue weighted by Crippen LogP contribution is -2.00. The van der Waals surface area contributed by atoms with E-state index in [0.29, 0.717) is 11.6 Å². The Bertz CT molecular complexity index is 459. The quantitative estimate of drug-likeness (QED) is 0.806. The Morgan fingerprint density at radius 1 is 1.13 bits per heavy atom. The molecule has 0 aliphatic carbocycles. The van der Waals surface area contributed by atoms with E-state index in [1.54, 1.807) is 0 Å². The third-order valence-corrected chi connectivity index (χ3v) is 2.64. The minimum atomic E-state index is 0.501. The monoisotopic (exact) mass is 263 g/mol. The molecule has 0 unspecified atom stereocenters. The van der Waals surface area contributed by atoms with Crippen LogP contribution in [0.25, 0.3) is 11.1 Å². The summed E-state index contributed by atoms with van der Waals surface area (Å²) in [5, 5.41) is 0. The fourth-order valence-corrected chi connectivity index (χ4v) is 2.12. The summed E-state index contributed by atoms with van der Waals surface area (Å²) in [4.78, 5) is 8.38. The minimum Gasteiger partial charge on any atom is -0.383 e. The minimum absolute atomic E-state index is 0.501. The van der Waals surface area contributed by atoms with Crippen molar-refractivity contribution < 1.29 is 0 Å². The molecule has 0 saturated heterocycles. The van der Waals surface area contributed by atoms with E-state index in [1.807, 2.05) is 37.3 Å². The molecule has 0 spiro atoms. The summed E-state index contributed by atoms with van der Waals surface area (Å²) in [7, 11) is 0. The second-order valence-electron chi connectivity index (χ2n) is 3.19. The molecule has 0 saturated carbocycles. The predicted molar refractivity (Wildman–Crippen MR) is 64.3 cm³/mol. The number of anilines is 1. The number of nitrogen functional groups attached to an aromatic ring is 1. The zero-order valence-electron chi connectivity index (χ0n) is 8.24. The SMILES string of the molecule is Cc1nc(N)c(-c2ccccc2)c(Br)n1. The molecule has 0 atom stereocenters. The van der Waals surface area contributed by atoms with Gasteiger partial charge in [-0.15, -0.1) is 0 Å². The molecule has 1 heterocycles. The molecule has 0 fully saturated rings. The zero-order valence-corrected chi connectivity index (χ0v) is 9.82. The van der Waals surface area contributed by atoms with Gasteiger partial charge in [-0.25, -0.2) is 9.97 Å². The van der Waals surface area contributed by atoms with Crippen molar-refractivity contribution in [2.45, 2.75) is 6.92 Å². The summed E-state index contributed by atoms with van der Waals surface area (Å²) in [5.74, 6) is 1.17. The van der Waals surface area contributed by atoms with Crippen LogP contribution in [0.4, 0.5) is 5.82 Å². The van der Waals surface area contributed by atoms with E-state index < -0.39 is 0 Å². The van der Waals surface area contributed by atoms with Crippen molar-refractivity contribution >= 4 is 21.7 Å². The number of hydrogen-bond donors (Lipinski definition) is 1. The van der Waals surface area contributed by atoms with Gasteiger partial charge in [0.05, 0.1) is 5.56 Å². The van der Waals surface area contributed by atoms with E-state index in [9.17, 15) is 0 Å². The Hall–Kier alpha value is -1.42. The van der Waals surface area contributed by atoms with Crippen LogP contribution in [-0.4, -0.2) is 9.97 Å². The Kier molecular flexibility index (Phi) is 2.68. The third kappa shape index (κ3) is 1.99. The van der Waals surface area contributed by atoms with Gasteiger partial charge in [-0.1, -0.05) is 30.3 Å². The van der Waals surface area contributed by atoms with Crippen molar-refractivity contribution in [3.8, 4) is 11.1 Å². The van der Waals surface area contributed by atoms with E-state index in [-0.39, 0.29) is 0 Å². The van der Waals surface area contributed by atoms with E-state index in [2.05, 4.69) is 25.9 Å². The van der Waals surface area contributed by atoms with Crippen LogP contribution in [0.3, 0.4) is 0 Å². The number of halogens is 1. The highest BCUT2D eigenvalue weighted by Gasteiger charge is 2.10. The van der Waals surface area contributed by atoms with Crippen molar-refractivity contribution in [1.82, 2.24) is 9.97 Å². The van der Waals surface area contributed by atoms with Gasteiger partial charge in [-0.05, 0) is 28.4 Å². The molecule has 1 aromatic carbocycles. The highest BCUT2D eigenvalue weighted by molar-refractivity contribution is 9.10. The summed E-state index contributed by atoms with van der Waals surface area (Å²) >= 11 is 3.40. The molecule has 4 heteroatoms. The summed E-state index contributed by atoms with van der Waals surface area (Å²) in [6.07, 6.45) is 0. The Balaban J connectivity index is 2.64. The molecular weight excluding hydrogens is 254 g/mol. The summed E-state index contributed by atoms with van der Waals surface area (Å²) in [5.41, 5.74) is 7.74. The average molecular weight is 264 g/mol. The van der Waals surface area contributed by atoms with Crippen LogP contribution in [-0.2, 0) is 0 Å². The Morgan fingerprint density at radius 2 is 1.80 bits per heavy atom. The fourth-order valence-electron chi connectivity index (χ4n) is 1.43. The first kappa shape index (κ1) is 10.1. The normalized spacial score (nSPS) is 10.3. The molecule has 0 radical (unpaired) electrons. The maximum atomic E-state index is 5.87. The molecule has 0 amide bonds. The molecule has 3 nitrogen and oxygen atoms in total. The molecule has 0 aliphatic heterocycles. The van der Waals surface area contributed by atoms with E-state index in [4.69, 9.17) is 5.73 Å². The highest BCUT2D eigenvalue weighted by atomic mass is 79.9. The van der Waals surface area contributed by atoms with Crippen LogP contribution in [0.5, 0.6) is 0 Å². The van der Waals surface area contributed by atoms with Gasteiger partial charge >= 0.3 is 0 Å². The summed E-state index contributed by atoms with van der Waals surface area (Å²) in [6, 6.07) is 9.84. The largest absolute Gasteiger partial charge is 0.383 e. The van der Waals surface area contributed by atoms with Crippen LogP contribution in [0.1, 0.15) is 5.82 Å². The number of benzene rings is 1. The molecule has 15 heavy (non-hydrogen) atoms. The number of nitrogens with two attached hydrogens (primary N) is 1. The van der Waals surface area contributed by atoms with Crippen LogP contribution in [0.15, 0.2) is 34.9 Å². The first-order valence-corrected chi connectivity index (χ1v) is 5.33. The van der Waals surface area contributed by atoms with Crippen LogP contribution >= 0.6 is 15.9 Å². The first-order valence-electron chi connectivity index (χ1n) is 4.53. The average Bonchev–Trinajstić information content (AvgIpc) is 2.17. The van der Waals surface area contributed by atoms with E-state index in [1.165, 1.54) is 0 Å². The van der Waals surface area contributed by atoms with Crippen molar-refractivity contribution in [2.75, 3.05) is 5.73 Å². The molecule has 2 aromatic rings. The van der Waals surface area contributed by atoms with E-state index >= 15 is 0 Å². The second kappa shape index (κ2) is 3.98. The van der Waals surface area contributed by atoms with Gasteiger partial charge in [0.15, 0.2) is 0 Å². The Labute approximate surface area is 96.5 Å². The van der Waals surface area contributed by atoms with Gasteiger partial charge in [0.2, 0.25) is 0 Å². The number of nitrogens with zero attached hydrogens (tertiary/aromatic N) is 2. The lowest BCUT2D eigenvalue weighted by Gasteiger charge is -2.07.